The SMILES string of the molecule is Cc1ccc(C(N)CS(=O)(=O)C2CCCC(C)C2)cc1. The van der Waals surface area contributed by atoms with Crippen molar-refractivity contribution in [1.82, 2.24) is 0 Å². The van der Waals surface area contributed by atoms with Crippen LogP contribution in [0.4, 0.5) is 0 Å². The van der Waals surface area contributed by atoms with E-state index in [2.05, 4.69) is 6.92 Å². The highest BCUT2D eigenvalue weighted by Crippen LogP contribution is 2.30. The standard InChI is InChI=1S/C16H25NO2S/c1-12-6-8-14(9-7-12)16(17)11-20(18,19)15-5-3-4-13(2)10-15/h6-9,13,15-16H,3-5,10-11,17H2,1-2H3. The van der Waals surface area contributed by atoms with E-state index in [1.807, 2.05) is 31.2 Å². The predicted molar refractivity (Wildman–Crippen MR) is 83.3 cm³/mol. The number of hydrogen-bond acceptors (Lipinski definition) is 3. The van der Waals surface area contributed by atoms with E-state index in [4.69, 9.17) is 5.73 Å². The Bertz CT molecular complexity index is 536. The molecule has 0 saturated heterocycles. The first-order valence-electron chi connectivity index (χ1n) is 7.42. The van der Waals surface area contributed by atoms with Crippen LogP contribution in [0.15, 0.2) is 24.3 Å². The van der Waals surface area contributed by atoms with Crippen LogP contribution in [0.2, 0.25) is 0 Å². The Kier molecular flexibility index (Phi) is 4.86. The smallest absolute Gasteiger partial charge is 0.155 e. The van der Waals surface area contributed by atoms with Crippen molar-refractivity contribution in [2.45, 2.75) is 50.8 Å². The monoisotopic (exact) mass is 295 g/mol. The second kappa shape index (κ2) is 6.27. The molecule has 3 nitrogen and oxygen atoms in total. The maximum atomic E-state index is 12.5. The summed E-state index contributed by atoms with van der Waals surface area (Å²) < 4.78 is 25.0. The molecule has 112 valence electrons. The molecule has 1 fully saturated rings. The van der Waals surface area contributed by atoms with Crippen molar-refractivity contribution in [3.05, 3.63) is 35.4 Å². The summed E-state index contributed by atoms with van der Waals surface area (Å²) >= 11 is 0. The number of benzene rings is 1. The molecule has 1 saturated carbocycles. The van der Waals surface area contributed by atoms with E-state index < -0.39 is 15.9 Å². The van der Waals surface area contributed by atoms with Crippen LogP contribution in [-0.4, -0.2) is 19.4 Å². The van der Waals surface area contributed by atoms with Crippen LogP contribution in [0, 0.1) is 12.8 Å². The van der Waals surface area contributed by atoms with Gasteiger partial charge in [0.2, 0.25) is 0 Å². The first-order chi connectivity index (χ1) is 9.38. The lowest BCUT2D eigenvalue weighted by Gasteiger charge is -2.27. The molecule has 0 aliphatic heterocycles. The first kappa shape index (κ1) is 15.5. The molecule has 3 unspecified atom stereocenters. The quantitative estimate of drug-likeness (QED) is 0.929. The summed E-state index contributed by atoms with van der Waals surface area (Å²) in [7, 11) is -3.10. The number of hydrogen-bond donors (Lipinski definition) is 1. The van der Waals surface area contributed by atoms with Gasteiger partial charge in [0.25, 0.3) is 0 Å². The lowest BCUT2D eigenvalue weighted by atomic mass is 9.91. The number of rotatable bonds is 4. The predicted octanol–water partition coefficient (Wildman–Crippen LogP) is 2.99. The minimum atomic E-state index is -3.10. The van der Waals surface area contributed by atoms with Gasteiger partial charge in [-0.3, -0.25) is 0 Å². The molecule has 0 spiro atoms. The highest BCUT2D eigenvalue weighted by atomic mass is 32.2. The summed E-state index contributed by atoms with van der Waals surface area (Å²) in [6, 6.07) is 7.39. The van der Waals surface area contributed by atoms with E-state index in [1.54, 1.807) is 0 Å². The van der Waals surface area contributed by atoms with E-state index in [9.17, 15) is 8.42 Å². The average molecular weight is 295 g/mol. The van der Waals surface area contributed by atoms with E-state index >= 15 is 0 Å². The van der Waals surface area contributed by atoms with Crippen molar-refractivity contribution < 1.29 is 8.42 Å². The molecule has 4 heteroatoms. The van der Waals surface area contributed by atoms with E-state index in [1.165, 1.54) is 0 Å². The minimum Gasteiger partial charge on any atom is -0.323 e. The van der Waals surface area contributed by atoms with Crippen LogP contribution in [0.1, 0.15) is 49.8 Å². The van der Waals surface area contributed by atoms with Gasteiger partial charge in [-0.15, -0.1) is 0 Å². The zero-order valence-electron chi connectivity index (χ0n) is 12.4. The van der Waals surface area contributed by atoms with Gasteiger partial charge in [-0.1, -0.05) is 49.6 Å². The van der Waals surface area contributed by atoms with Crippen LogP contribution in [-0.2, 0) is 9.84 Å². The van der Waals surface area contributed by atoms with Crippen molar-refractivity contribution in [3.63, 3.8) is 0 Å². The zero-order valence-corrected chi connectivity index (χ0v) is 13.2. The first-order valence-corrected chi connectivity index (χ1v) is 9.14. The molecule has 0 bridgehead atoms. The van der Waals surface area contributed by atoms with E-state index in [0.29, 0.717) is 5.92 Å². The molecular formula is C16H25NO2S. The number of nitrogens with two attached hydrogens (primary N) is 1. The van der Waals surface area contributed by atoms with Crippen molar-refractivity contribution in [2.24, 2.45) is 11.7 Å². The molecule has 0 heterocycles. The molecule has 1 aliphatic rings. The topological polar surface area (TPSA) is 60.2 Å². The fourth-order valence-electron chi connectivity index (χ4n) is 3.00. The highest BCUT2D eigenvalue weighted by molar-refractivity contribution is 7.92. The Labute approximate surface area is 122 Å². The van der Waals surface area contributed by atoms with Crippen LogP contribution >= 0.6 is 0 Å². The second-order valence-electron chi connectivity index (χ2n) is 6.24. The zero-order chi connectivity index (χ0) is 14.8. The fraction of sp³-hybridized carbons (Fsp3) is 0.625. The second-order valence-corrected chi connectivity index (χ2v) is 8.57. The molecule has 20 heavy (non-hydrogen) atoms. The van der Waals surface area contributed by atoms with Gasteiger partial charge in [0.05, 0.1) is 11.0 Å². The Morgan fingerprint density at radius 1 is 1.25 bits per heavy atom. The van der Waals surface area contributed by atoms with Gasteiger partial charge >= 0.3 is 0 Å². The average Bonchev–Trinajstić information content (AvgIpc) is 2.39. The van der Waals surface area contributed by atoms with Gasteiger partial charge in [0.1, 0.15) is 0 Å². The van der Waals surface area contributed by atoms with Crippen LogP contribution in [0.25, 0.3) is 0 Å². The molecule has 2 N–H and O–H groups in total. The molecule has 0 amide bonds. The van der Waals surface area contributed by atoms with Crippen LogP contribution in [0.5, 0.6) is 0 Å². The summed E-state index contributed by atoms with van der Waals surface area (Å²) in [6.45, 7) is 4.15. The molecule has 1 aliphatic carbocycles. The van der Waals surface area contributed by atoms with E-state index in [-0.39, 0.29) is 11.0 Å². The maximum Gasteiger partial charge on any atom is 0.155 e. The van der Waals surface area contributed by atoms with Gasteiger partial charge < -0.3 is 5.73 Å². The minimum absolute atomic E-state index is 0.0629. The van der Waals surface area contributed by atoms with Gasteiger partial charge in [-0.05, 0) is 31.2 Å². The van der Waals surface area contributed by atoms with Crippen LogP contribution < -0.4 is 5.73 Å². The molecule has 0 radical (unpaired) electrons. The summed E-state index contributed by atoms with van der Waals surface area (Å²) in [4.78, 5) is 0. The Balaban J connectivity index is 2.05. The lowest BCUT2D eigenvalue weighted by Crippen LogP contribution is -2.33. The summed E-state index contributed by atoms with van der Waals surface area (Å²) in [5, 5.41) is -0.192. The molecule has 0 aromatic heterocycles. The summed E-state index contributed by atoms with van der Waals surface area (Å²) in [5.74, 6) is 0.576. The molecule has 1 aromatic carbocycles. The molecular weight excluding hydrogens is 270 g/mol. The van der Waals surface area contributed by atoms with Gasteiger partial charge in [0.15, 0.2) is 9.84 Å². The van der Waals surface area contributed by atoms with Crippen LogP contribution in [0.3, 0.4) is 0 Å². The summed E-state index contributed by atoms with van der Waals surface area (Å²) in [6.07, 6.45) is 3.76. The lowest BCUT2D eigenvalue weighted by molar-refractivity contribution is 0.381. The van der Waals surface area contributed by atoms with Crippen molar-refractivity contribution in [3.8, 4) is 0 Å². The molecule has 2 rings (SSSR count). The normalized spacial score (nSPS) is 25.4. The summed E-state index contributed by atoms with van der Waals surface area (Å²) in [5.41, 5.74) is 8.16. The Hall–Kier alpha value is -0.870. The molecule has 1 aromatic rings. The number of aryl methyl sites for hydroxylation is 1. The van der Waals surface area contributed by atoms with Crippen molar-refractivity contribution in [1.29, 1.82) is 0 Å². The van der Waals surface area contributed by atoms with Crippen molar-refractivity contribution >= 4 is 9.84 Å². The van der Waals surface area contributed by atoms with E-state index in [0.717, 1.165) is 36.8 Å². The highest BCUT2D eigenvalue weighted by Gasteiger charge is 2.31. The third-order valence-electron chi connectivity index (χ3n) is 4.31. The largest absolute Gasteiger partial charge is 0.323 e. The Morgan fingerprint density at radius 3 is 2.50 bits per heavy atom. The van der Waals surface area contributed by atoms with Gasteiger partial charge in [-0.2, -0.15) is 0 Å². The fourth-order valence-corrected chi connectivity index (χ4v) is 5.11. The number of sulfone groups is 1. The van der Waals surface area contributed by atoms with Crippen molar-refractivity contribution in [2.75, 3.05) is 5.75 Å². The van der Waals surface area contributed by atoms with Gasteiger partial charge in [-0.25, -0.2) is 8.42 Å². The van der Waals surface area contributed by atoms with Gasteiger partial charge in [0, 0.05) is 6.04 Å². The third-order valence-corrected chi connectivity index (χ3v) is 6.58. The Morgan fingerprint density at radius 2 is 1.90 bits per heavy atom. The molecule has 3 atom stereocenters. The maximum absolute atomic E-state index is 12.5. The third kappa shape index (κ3) is 3.83.